The first-order valence-corrected chi connectivity index (χ1v) is 7.32. The molecule has 116 valence electrons. The number of carbonyl (C=O) groups excluding carboxylic acids is 1. The monoisotopic (exact) mass is 299 g/mol. The van der Waals surface area contributed by atoms with Gasteiger partial charge in [-0.1, -0.05) is 24.3 Å². The van der Waals surface area contributed by atoms with Gasteiger partial charge in [0, 0.05) is 5.69 Å². The van der Waals surface area contributed by atoms with Crippen LogP contribution in [0.5, 0.6) is 11.5 Å². The molecule has 1 N–H and O–H groups in total. The summed E-state index contributed by atoms with van der Waals surface area (Å²) in [6.07, 6.45) is 0. The molecule has 0 aliphatic carbocycles. The molecule has 0 radical (unpaired) electrons. The highest BCUT2D eigenvalue weighted by Crippen LogP contribution is 2.26. The number of para-hydroxylation sites is 2. The SMILES string of the molecule is CCOc1ccccc1OCC(=O)Nc1cccc(C)c1C. The summed E-state index contributed by atoms with van der Waals surface area (Å²) in [6.45, 7) is 6.40. The minimum Gasteiger partial charge on any atom is -0.490 e. The molecule has 1 amide bonds. The molecule has 2 rings (SSSR count). The Labute approximate surface area is 131 Å². The highest BCUT2D eigenvalue weighted by atomic mass is 16.5. The molecule has 2 aromatic rings. The summed E-state index contributed by atoms with van der Waals surface area (Å²) in [7, 11) is 0. The molecule has 0 atom stereocenters. The molecule has 0 spiro atoms. The van der Waals surface area contributed by atoms with E-state index in [2.05, 4.69) is 5.32 Å². The molecular weight excluding hydrogens is 278 g/mol. The normalized spacial score (nSPS) is 10.1. The second kappa shape index (κ2) is 7.50. The molecule has 2 aromatic carbocycles. The third-order valence-electron chi connectivity index (χ3n) is 3.39. The van der Waals surface area contributed by atoms with Crippen molar-refractivity contribution in [1.29, 1.82) is 0 Å². The van der Waals surface area contributed by atoms with E-state index in [-0.39, 0.29) is 12.5 Å². The second-order valence-electron chi connectivity index (χ2n) is 4.96. The van der Waals surface area contributed by atoms with E-state index in [0.29, 0.717) is 18.1 Å². The van der Waals surface area contributed by atoms with E-state index in [1.807, 2.05) is 57.2 Å². The van der Waals surface area contributed by atoms with Crippen LogP contribution in [0.25, 0.3) is 0 Å². The first-order chi connectivity index (χ1) is 10.6. The van der Waals surface area contributed by atoms with Crippen molar-refractivity contribution in [2.75, 3.05) is 18.5 Å². The number of benzene rings is 2. The van der Waals surface area contributed by atoms with Gasteiger partial charge in [0.05, 0.1) is 6.61 Å². The average molecular weight is 299 g/mol. The number of rotatable bonds is 6. The largest absolute Gasteiger partial charge is 0.490 e. The van der Waals surface area contributed by atoms with Crippen LogP contribution in [0.3, 0.4) is 0 Å². The van der Waals surface area contributed by atoms with Gasteiger partial charge in [-0.05, 0) is 50.1 Å². The van der Waals surface area contributed by atoms with Crippen molar-refractivity contribution in [2.45, 2.75) is 20.8 Å². The maximum absolute atomic E-state index is 12.0. The van der Waals surface area contributed by atoms with Crippen molar-refractivity contribution in [2.24, 2.45) is 0 Å². The molecular formula is C18H21NO3. The lowest BCUT2D eigenvalue weighted by atomic mass is 10.1. The number of anilines is 1. The third-order valence-corrected chi connectivity index (χ3v) is 3.39. The second-order valence-corrected chi connectivity index (χ2v) is 4.96. The zero-order valence-electron chi connectivity index (χ0n) is 13.2. The summed E-state index contributed by atoms with van der Waals surface area (Å²) >= 11 is 0. The summed E-state index contributed by atoms with van der Waals surface area (Å²) in [5.41, 5.74) is 3.01. The topological polar surface area (TPSA) is 47.6 Å². The Morgan fingerprint density at radius 2 is 1.68 bits per heavy atom. The minimum absolute atomic E-state index is 0.0581. The zero-order valence-corrected chi connectivity index (χ0v) is 13.2. The maximum Gasteiger partial charge on any atom is 0.262 e. The summed E-state index contributed by atoms with van der Waals surface area (Å²) in [4.78, 5) is 12.0. The fourth-order valence-corrected chi connectivity index (χ4v) is 2.06. The maximum atomic E-state index is 12.0. The van der Waals surface area contributed by atoms with Crippen LogP contribution in [0.1, 0.15) is 18.1 Å². The Balaban J connectivity index is 1.97. The highest BCUT2D eigenvalue weighted by Gasteiger charge is 2.09. The lowest BCUT2D eigenvalue weighted by molar-refractivity contribution is -0.118. The van der Waals surface area contributed by atoms with Gasteiger partial charge in [-0.2, -0.15) is 0 Å². The fourth-order valence-electron chi connectivity index (χ4n) is 2.06. The minimum atomic E-state index is -0.194. The molecule has 4 nitrogen and oxygen atoms in total. The number of amides is 1. The van der Waals surface area contributed by atoms with Crippen LogP contribution < -0.4 is 14.8 Å². The van der Waals surface area contributed by atoms with Gasteiger partial charge in [0.2, 0.25) is 0 Å². The molecule has 0 saturated carbocycles. The lowest BCUT2D eigenvalue weighted by Crippen LogP contribution is -2.21. The van der Waals surface area contributed by atoms with Crippen LogP contribution in [-0.2, 0) is 4.79 Å². The van der Waals surface area contributed by atoms with Gasteiger partial charge in [-0.3, -0.25) is 4.79 Å². The number of hydrogen-bond acceptors (Lipinski definition) is 3. The van der Waals surface area contributed by atoms with Crippen LogP contribution in [0.4, 0.5) is 5.69 Å². The number of carbonyl (C=O) groups is 1. The van der Waals surface area contributed by atoms with Crippen molar-refractivity contribution in [1.82, 2.24) is 0 Å². The molecule has 0 heterocycles. The van der Waals surface area contributed by atoms with E-state index < -0.39 is 0 Å². The zero-order chi connectivity index (χ0) is 15.9. The Morgan fingerprint density at radius 1 is 1.00 bits per heavy atom. The molecule has 0 bridgehead atoms. The molecule has 0 aliphatic rings. The van der Waals surface area contributed by atoms with E-state index in [1.165, 1.54) is 0 Å². The first-order valence-electron chi connectivity index (χ1n) is 7.32. The highest BCUT2D eigenvalue weighted by molar-refractivity contribution is 5.92. The predicted octanol–water partition coefficient (Wildman–Crippen LogP) is 3.72. The van der Waals surface area contributed by atoms with Crippen molar-refractivity contribution < 1.29 is 14.3 Å². The predicted molar refractivity (Wildman–Crippen MR) is 87.7 cm³/mol. The van der Waals surface area contributed by atoms with Gasteiger partial charge >= 0.3 is 0 Å². The van der Waals surface area contributed by atoms with E-state index in [4.69, 9.17) is 9.47 Å². The van der Waals surface area contributed by atoms with E-state index in [0.717, 1.165) is 16.8 Å². The van der Waals surface area contributed by atoms with Gasteiger partial charge in [0.15, 0.2) is 18.1 Å². The van der Waals surface area contributed by atoms with Crippen molar-refractivity contribution in [3.8, 4) is 11.5 Å². The van der Waals surface area contributed by atoms with Crippen molar-refractivity contribution >= 4 is 11.6 Å². The number of nitrogens with one attached hydrogen (secondary N) is 1. The molecule has 4 heteroatoms. The number of aryl methyl sites for hydroxylation is 1. The molecule has 0 aliphatic heterocycles. The summed E-state index contributed by atoms with van der Waals surface area (Å²) < 4.78 is 11.0. The Morgan fingerprint density at radius 3 is 2.36 bits per heavy atom. The Kier molecular flexibility index (Phi) is 5.42. The molecule has 0 aromatic heterocycles. The van der Waals surface area contributed by atoms with Gasteiger partial charge in [0.1, 0.15) is 0 Å². The smallest absolute Gasteiger partial charge is 0.262 e. The number of ether oxygens (including phenoxy) is 2. The molecule has 0 fully saturated rings. The first kappa shape index (κ1) is 15.9. The van der Waals surface area contributed by atoms with Gasteiger partial charge in [0.25, 0.3) is 5.91 Å². The van der Waals surface area contributed by atoms with Gasteiger partial charge in [-0.25, -0.2) is 0 Å². The Bertz CT molecular complexity index is 653. The van der Waals surface area contributed by atoms with Crippen molar-refractivity contribution in [3.63, 3.8) is 0 Å². The quantitative estimate of drug-likeness (QED) is 0.884. The van der Waals surface area contributed by atoms with Gasteiger partial charge in [-0.15, -0.1) is 0 Å². The van der Waals surface area contributed by atoms with E-state index in [1.54, 1.807) is 6.07 Å². The van der Waals surface area contributed by atoms with Crippen LogP contribution in [-0.4, -0.2) is 19.1 Å². The third kappa shape index (κ3) is 4.01. The van der Waals surface area contributed by atoms with Crippen LogP contribution >= 0.6 is 0 Å². The Hall–Kier alpha value is -2.49. The summed E-state index contributed by atoms with van der Waals surface area (Å²) in [5, 5.41) is 2.87. The van der Waals surface area contributed by atoms with E-state index >= 15 is 0 Å². The van der Waals surface area contributed by atoms with E-state index in [9.17, 15) is 4.79 Å². The van der Waals surface area contributed by atoms with Crippen LogP contribution in [0, 0.1) is 13.8 Å². The van der Waals surface area contributed by atoms with Crippen molar-refractivity contribution in [3.05, 3.63) is 53.6 Å². The lowest BCUT2D eigenvalue weighted by Gasteiger charge is -2.13. The molecule has 22 heavy (non-hydrogen) atoms. The summed E-state index contributed by atoms with van der Waals surface area (Å²) in [5.74, 6) is 1.02. The standard InChI is InChI=1S/C18H21NO3/c1-4-21-16-10-5-6-11-17(16)22-12-18(20)19-15-9-7-8-13(2)14(15)3/h5-11H,4,12H2,1-3H3,(H,19,20). The average Bonchev–Trinajstić information content (AvgIpc) is 2.51. The molecule has 0 saturated heterocycles. The summed E-state index contributed by atoms with van der Waals surface area (Å²) in [6, 6.07) is 13.1. The number of hydrogen-bond donors (Lipinski definition) is 1. The molecule has 0 unspecified atom stereocenters. The van der Waals surface area contributed by atoms with Gasteiger partial charge < -0.3 is 14.8 Å². The fraction of sp³-hybridized carbons (Fsp3) is 0.278. The van der Waals surface area contributed by atoms with Crippen LogP contribution in [0.15, 0.2) is 42.5 Å². The van der Waals surface area contributed by atoms with Crippen LogP contribution in [0.2, 0.25) is 0 Å².